The largest absolute Gasteiger partial charge is 0.508 e. The first kappa shape index (κ1) is 19.8. The van der Waals surface area contributed by atoms with E-state index in [4.69, 9.17) is 0 Å². The van der Waals surface area contributed by atoms with E-state index in [9.17, 15) is 10.2 Å². The van der Waals surface area contributed by atoms with E-state index in [0.717, 1.165) is 46.7 Å². The molecule has 0 saturated carbocycles. The molecule has 0 bridgehead atoms. The Morgan fingerprint density at radius 3 is 1.53 bits per heavy atom. The third-order valence-electron chi connectivity index (χ3n) is 5.41. The lowest BCUT2D eigenvalue weighted by Gasteiger charge is -2.13. The Hall–Kier alpha value is -3.54. The lowest BCUT2D eigenvalue weighted by molar-refractivity contribution is 0.464. The van der Waals surface area contributed by atoms with Crippen LogP contribution in [0.25, 0.3) is 11.1 Å². The maximum atomic E-state index is 10.4. The molecule has 154 valence electrons. The zero-order chi connectivity index (χ0) is 21.1. The number of hydrogen-bond acceptors (Lipinski definition) is 4. The van der Waals surface area contributed by atoms with Crippen LogP contribution in [-0.4, -0.2) is 29.3 Å². The third kappa shape index (κ3) is 3.94. The minimum atomic E-state index is 0.263. The Morgan fingerprint density at radius 2 is 1.13 bits per heavy atom. The van der Waals surface area contributed by atoms with Gasteiger partial charge in [0.15, 0.2) is 0 Å². The van der Waals surface area contributed by atoms with Crippen LogP contribution < -0.4 is 0 Å². The number of benzene rings is 2. The fraction of sp³-hybridized carbons (Fsp3) is 0.250. The van der Waals surface area contributed by atoms with Crippen molar-refractivity contribution in [1.82, 2.24) is 19.1 Å². The molecule has 4 rings (SSSR count). The molecule has 0 amide bonds. The van der Waals surface area contributed by atoms with E-state index < -0.39 is 0 Å². The molecule has 0 aliphatic rings. The van der Waals surface area contributed by atoms with Crippen LogP contribution in [0.2, 0.25) is 0 Å². The predicted octanol–water partition coefficient (Wildman–Crippen LogP) is 4.38. The van der Waals surface area contributed by atoms with Gasteiger partial charge in [-0.15, -0.1) is 0 Å². The van der Waals surface area contributed by atoms with Gasteiger partial charge in [-0.25, -0.2) is 9.97 Å². The van der Waals surface area contributed by atoms with Gasteiger partial charge in [0.25, 0.3) is 0 Å². The zero-order valence-corrected chi connectivity index (χ0v) is 17.3. The van der Waals surface area contributed by atoms with Gasteiger partial charge in [0, 0.05) is 48.8 Å². The van der Waals surface area contributed by atoms with Gasteiger partial charge in [-0.2, -0.15) is 0 Å². The van der Waals surface area contributed by atoms with E-state index in [0.29, 0.717) is 13.1 Å². The summed E-state index contributed by atoms with van der Waals surface area (Å²) in [5.41, 5.74) is 3.64. The van der Waals surface area contributed by atoms with E-state index in [1.807, 2.05) is 45.8 Å². The average Bonchev–Trinajstić information content (AvgIpc) is 3.40. The van der Waals surface area contributed by atoms with Crippen molar-refractivity contribution in [2.45, 2.75) is 39.8 Å². The Morgan fingerprint density at radius 1 is 0.700 bits per heavy atom. The van der Waals surface area contributed by atoms with Gasteiger partial charge >= 0.3 is 0 Å². The van der Waals surface area contributed by atoms with Crippen molar-refractivity contribution in [3.8, 4) is 22.6 Å². The molecule has 2 N–H and O–H groups in total. The average molecular weight is 402 g/mol. The Bertz CT molecular complexity index is 1070. The maximum Gasteiger partial charge on any atom is 0.120 e. The summed E-state index contributed by atoms with van der Waals surface area (Å²) in [4.78, 5) is 8.72. The van der Waals surface area contributed by atoms with Crippen LogP contribution in [0.5, 0.6) is 11.5 Å². The molecule has 0 fully saturated rings. The number of hydrogen-bond donors (Lipinski definition) is 2. The molecule has 0 atom stereocenters. The van der Waals surface area contributed by atoms with Crippen molar-refractivity contribution < 1.29 is 10.2 Å². The van der Waals surface area contributed by atoms with Crippen molar-refractivity contribution in [3.05, 3.63) is 84.0 Å². The minimum absolute atomic E-state index is 0.263. The first-order valence-corrected chi connectivity index (χ1v) is 10.2. The standard InChI is InChI=1S/C24H26N4O2/c1-3-23-25-9-11-27(23)15-19-13-17(5-7-21(19)29)18-6-8-22(30)20(14-18)16-28-12-10-26-24(28)4-2/h5-14,29-30H,3-4,15-16H2,1-2H3. The van der Waals surface area contributed by atoms with Crippen molar-refractivity contribution in [2.75, 3.05) is 0 Å². The predicted molar refractivity (Wildman–Crippen MR) is 117 cm³/mol. The molecule has 6 nitrogen and oxygen atoms in total. The minimum Gasteiger partial charge on any atom is -0.508 e. The summed E-state index contributed by atoms with van der Waals surface area (Å²) >= 11 is 0. The fourth-order valence-corrected chi connectivity index (χ4v) is 3.75. The van der Waals surface area contributed by atoms with Crippen molar-refractivity contribution in [3.63, 3.8) is 0 Å². The topological polar surface area (TPSA) is 76.1 Å². The Balaban J connectivity index is 1.65. The quantitative estimate of drug-likeness (QED) is 0.481. The van der Waals surface area contributed by atoms with E-state index in [-0.39, 0.29) is 11.5 Å². The van der Waals surface area contributed by atoms with E-state index in [1.54, 1.807) is 24.5 Å². The second-order valence-electron chi connectivity index (χ2n) is 7.34. The number of aryl methyl sites for hydroxylation is 2. The highest BCUT2D eigenvalue weighted by Crippen LogP contribution is 2.30. The molecule has 0 aliphatic heterocycles. The van der Waals surface area contributed by atoms with Gasteiger partial charge < -0.3 is 19.3 Å². The molecule has 0 radical (unpaired) electrons. The third-order valence-corrected chi connectivity index (χ3v) is 5.41. The van der Waals surface area contributed by atoms with Crippen molar-refractivity contribution >= 4 is 0 Å². The highest BCUT2D eigenvalue weighted by Gasteiger charge is 2.11. The smallest absolute Gasteiger partial charge is 0.120 e. The molecular weight excluding hydrogens is 376 g/mol. The highest BCUT2D eigenvalue weighted by molar-refractivity contribution is 5.67. The molecule has 30 heavy (non-hydrogen) atoms. The van der Waals surface area contributed by atoms with E-state index >= 15 is 0 Å². The first-order chi connectivity index (χ1) is 14.6. The van der Waals surface area contributed by atoms with Crippen LogP contribution in [0.4, 0.5) is 0 Å². The van der Waals surface area contributed by atoms with Crippen LogP contribution in [0.15, 0.2) is 61.2 Å². The second kappa shape index (κ2) is 8.45. The van der Waals surface area contributed by atoms with E-state index in [1.165, 1.54) is 0 Å². The summed E-state index contributed by atoms with van der Waals surface area (Å²) in [6.07, 6.45) is 9.10. The molecule has 2 heterocycles. The molecule has 4 aromatic rings. The number of phenolic OH excluding ortho intramolecular Hbond substituents is 2. The van der Waals surface area contributed by atoms with Crippen LogP contribution in [0, 0.1) is 0 Å². The number of rotatable bonds is 7. The Kier molecular flexibility index (Phi) is 5.57. The van der Waals surface area contributed by atoms with Gasteiger partial charge in [-0.1, -0.05) is 26.0 Å². The van der Waals surface area contributed by atoms with Gasteiger partial charge in [0.2, 0.25) is 0 Å². The number of aromatic hydroxyl groups is 2. The van der Waals surface area contributed by atoms with Gasteiger partial charge in [0.05, 0.1) is 13.1 Å². The van der Waals surface area contributed by atoms with Gasteiger partial charge in [-0.05, 0) is 35.4 Å². The summed E-state index contributed by atoms with van der Waals surface area (Å²) in [7, 11) is 0. The molecule has 2 aromatic carbocycles. The highest BCUT2D eigenvalue weighted by atomic mass is 16.3. The summed E-state index contributed by atoms with van der Waals surface area (Å²) in [5, 5.41) is 20.8. The number of imidazole rings is 2. The van der Waals surface area contributed by atoms with Crippen molar-refractivity contribution in [1.29, 1.82) is 0 Å². The SMILES string of the molecule is CCc1nccn1Cc1cc(-c2ccc(O)c(Cn3ccnc3CC)c2)ccc1O. The summed E-state index contributed by atoms with van der Waals surface area (Å²) in [6, 6.07) is 11.3. The zero-order valence-electron chi connectivity index (χ0n) is 17.3. The maximum absolute atomic E-state index is 10.4. The normalized spacial score (nSPS) is 11.1. The lowest BCUT2D eigenvalue weighted by Crippen LogP contribution is -2.04. The van der Waals surface area contributed by atoms with Gasteiger partial charge in [0.1, 0.15) is 23.1 Å². The molecular formula is C24H26N4O2. The number of nitrogens with zero attached hydrogens (tertiary/aromatic N) is 4. The molecule has 0 unspecified atom stereocenters. The number of aromatic nitrogens is 4. The van der Waals surface area contributed by atoms with Crippen LogP contribution in [-0.2, 0) is 25.9 Å². The summed E-state index contributed by atoms with van der Waals surface area (Å²) in [6.45, 7) is 5.25. The van der Waals surface area contributed by atoms with Crippen LogP contribution >= 0.6 is 0 Å². The lowest BCUT2D eigenvalue weighted by atomic mass is 9.99. The number of phenols is 2. The summed E-state index contributed by atoms with van der Waals surface area (Å²) < 4.78 is 4.10. The monoisotopic (exact) mass is 402 g/mol. The molecule has 0 saturated heterocycles. The summed E-state index contributed by atoms with van der Waals surface area (Å²) in [5.74, 6) is 2.50. The van der Waals surface area contributed by atoms with Gasteiger partial charge in [-0.3, -0.25) is 0 Å². The second-order valence-corrected chi connectivity index (χ2v) is 7.34. The van der Waals surface area contributed by atoms with E-state index in [2.05, 4.69) is 23.8 Å². The van der Waals surface area contributed by atoms with Crippen LogP contribution in [0.3, 0.4) is 0 Å². The van der Waals surface area contributed by atoms with Crippen LogP contribution in [0.1, 0.15) is 36.6 Å². The van der Waals surface area contributed by atoms with Crippen molar-refractivity contribution in [2.24, 2.45) is 0 Å². The molecule has 0 spiro atoms. The molecule has 2 aromatic heterocycles. The Labute approximate surface area is 176 Å². The molecule has 6 heteroatoms. The first-order valence-electron chi connectivity index (χ1n) is 10.2. The fourth-order valence-electron chi connectivity index (χ4n) is 3.75. The molecule has 0 aliphatic carbocycles.